The molecule has 364 valence electrons. The van der Waals surface area contributed by atoms with Gasteiger partial charge in [-0.1, -0.05) is 47.7 Å². The van der Waals surface area contributed by atoms with E-state index in [4.69, 9.17) is 19.1 Å². The Hall–Kier alpha value is -7.17. The van der Waals surface area contributed by atoms with E-state index in [-0.39, 0.29) is 35.4 Å². The zero-order valence-electron chi connectivity index (χ0n) is 39.7. The number of nitrogens with zero attached hydrogens (tertiary/aromatic N) is 6. The van der Waals surface area contributed by atoms with Crippen molar-refractivity contribution in [3.8, 4) is 16.9 Å². The minimum atomic E-state index is -1.10. The van der Waals surface area contributed by atoms with Crippen molar-refractivity contribution < 1.29 is 33.4 Å². The summed E-state index contributed by atoms with van der Waals surface area (Å²) in [5.41, 5.74) is 7.91. The van der Waals surface area contributed by atoms with Crippen LogP contribution in [-0.2, 0) is 22.6 Å². The number of imide groups is 1. The number of piperazine rings is 1. The van der Waals surface area contributed by atoms with E-state index >= 15 is 0 Å². The summed E-state index contributed by atoms with van der Waals surface area (Å²) in [5, 5.41) is 16.4. The van der Waals surface area contributed by atoms with Gasteiger partial charge in [0, 0.05) is 56.8 Å². The number of aromatic nitrogens is 3. The first-order chi connectivity index (χ1) is 34.6. The SMILES string of the molecule is Cc1cc(OC2CCC(CCCN3CCN(c4nc5ccc(C6CCC(=O)NC6=O)cc5o4)CC3)CC2)ccc1-c1ccc(N2CCc3cccc(C(=O)Nc4nc5ccccc5s4)c3C2)nc1C(=O)O. The van der Waals surface area contributed by atoms with Crippen molar-refractivity contribution in [2.45, 2.75) is 83.3 Å². The minimum absolute atomic E-state index is 0.0165. The zero-order chi connectivity index (χ0) is 48.6. The van der Waals surface area contributed by atoms with E-state index in [0.717, 1.165) is 114 Å². The number of hydrogen-bond acceptors (Lipinski definition) is 13. The highest BCUT2D eigenvalue weighted by Gasteiger charge is 2.30. The third-order valence-electron chi connectivity index (χ3n) is 14.8. The van der Waals surface area contributed by atoms with Crippen molar-refractivity contribution in [2.75, 3.05) is 54.4 Å². The van der Waals surface area contributed by atoms with Crippen LogP contribution < -0.4 is 25.2 Å². The molecule has 1 unspecified atom stereocenters. The highest BCUT2D eigenvalue weighted by molar-refractivity contribution is 7.22. The number of carboxylic acids is 1. The molecule has 3 aliphatic heterocycles. The van der Waals surface area contributed by atoms with Gasteiger partial charge in [0.15, 0.2) is 16.4 Å². The molecule has 1 aliphatic carbocycles. The normalized spacial score (nSPS) is 19.7. The molecule has 0 spiro atoms. The van der Waals surface area contributed by atoms with Gasteiger partial charge >= 0.3 is 5.97 Å². The van der Waals surface area contributed by atoms with Crippen molar-refractivity contribution >= 4 is 73.3 Å². The second-order valence-corrected chi connectivity index (χ2v) is 20.4. The Bertz CT molecular complexity index is 3140. The quantitative estimate of drug-likeness (QED) is 0.0930. The number of oxazole rings is 1. The van der Waals surface area contributed by atoms with Gasteiger partial charge in [-0.25, -0.2) is 14.8 Å². The van der Waals surface area contributed by atoms with E-state index in [1.165, 1.54) is 17.8 Å². The van der Waals surface area contributed by atoms with E-state index in [9.17, 15) is 24.3 Å². The number of carbonyl (C=O) groups is 4. The molecule has 3 amide bonds. The lowest BCUT2D eigenvalue weighted by molar-refractivity contribution is -0.134. The number of piperidine rings is 1. The number of anilines is 3. The molecular formula is C55H56N8O7S. The van der Waals surface area contributed by atoms with Crippen LogP contribution in [0.3, 0.4) is 0 Å². The van der Waals surface area contributed by atoms with Crippen LogP contribution in [0.2, 0.25) is 0 Å². The molecule has 1 saturated carbocycles. The average molecular weight is 973 g/mol. The lowest BCUT2D eigenvalue weighted by atomic mass is 9.84. The van der Waals surface area contributed by atoms with Crippen molar-refractivity contribution in [1.82, 2.24) is 25.2 Å². The number of hydrogen-bond donors (Lipinski definition) is 3. The molecule has 2 saturated heterocycles. The van der Waals surface area contributed by atoms with Gasteiger partial charge in [0.25, 0.3) is 11.9 Å². The van der Waals surface area contributed by atoms with Crippen LogP contribution >= 0.6 is 11.3 Å². The van der Waals surface area contributed by atoms with E-state index in [0.29, 0.717) is 71.9 Å². The fourth-order valence-corrected chi connectivity index (χ4v) is 11.7. The van der Waals surface area contributed by atoms with Crippen LogP contribution in [0.4, 0.5) is 17.0 Å². The van der Waals surface area contributed by atoms with Crippen molar-refractivity contribution in [3.63, 3.8) is 0 Å². The average Bonchev–Trinajstić information content (AvgIpc) is 4.00. The smallest absolute Gasteiger partial charge is 0.355 e. The molecule has 1 atom stereocenters. The molecule has 0 bridgehead atoms. The van der Waals surface area contributed by atoms with Gasteiger partial charge in [-0.05, 0) is 153 Å². The van der Waals surface area contributed by atoms with Gasteiger partial charge in [-0.2, -0.15) is 4.98 Å². The number of thiazole rings is 1. The number of aromatic carboxylic acids is 1. The number of carboxylic acid groups (broad SMARTS) is 1. The predicted molar refractivity (Wildman–Crippen MR) is 274 cm³/mol. The Kier molecular flexibility index (Phi) is 13.0. The van der Waals surface area contributed by atoms with Gasteiger partial charge in [0.05, 0.1) is 22.2 Å². The molecule has 3 fully saturated rings. The number of ether oxygens (including phenoxy) is 1. The van der Waals surface area contributed by atoms with Crippen molar-refractivity contribution in [2.24, 2.45) is 5.92 Å². The van der Waals surface area contributed by atoms with E-state index in [1.807, 2.05) is 103 Å². The molecule has 6 heterocycles. The summed E-state index contributed by atoms with van der Waals surface area (Å²) in [5.74, 6) is -0.131. The molecular weight excluding hydrogens is 917 g/mol. The molecule has 3 N–H and O–H groups in total. The van der Waals surface area contributed by atoms with Crippen LogP contribution in [0.1, 0.15) is 100 Å². The third-order valence-corrected chi connectivity index (χ3v) is 15.7. The summed E-state index contributed by atoms with van der Waals surface area (Å²) in [6, 6.07) is 29.5. The fourth-order valence-electron chi connectivity index (χ4n) is 10.9. The van der Waals surface area contributed by atoms with Gasteiger partial charge in [0.2, 0.25) is 11.8 Å². The maximum absolute atomic E-state index is 13.6. The van der Waals surface area contributed by atoms with Crippen LogP contribution in [0.15, 0.2) is 95.4 Å². The zero-order valence-corrected chi connectivity index (χ0v) is 40.5. The standard InChI is InChI=1S/C55H56N8O7S/c1-33-30-38(69-37-14-11-34(12-15-37)6-5-24-61-26-28-62(29-27-61)55-57-44-20-13-36(31-46(44)70-55)40-19-22-49(64)59-51(40)65)16-17-39(33)41-18-21-48(58-50(41)53(67)68)63-25-23-35-7-4-8-42(43(35)32-63)52(66)60-54-56-45-9-2-3-10-47(45)71-54/h2-4,7-10,13,16-18,20-21,30-31,34,37,40H,5-6,11-12,14-15,19,22-29,32H2,1H3,(H,67,68)(H,56,60,66)(H,59,64,65). The molecule has 4 aromatic carbocycles. The van der Waals surface area contributed by atoms with Crippen LogP contribution in [0.25, 0.3) is 32.4 Å². The van der Waals surface area contributed by atoms with Crippen molar-refractivity contribution in [1.29, 1.82) is 0 Å². The summed E-state index contributed by atoms with van der Waals surface area (Å²) in [4.78, 5) is 71.3. The molecule has 3 aromatic heterocycles. The Balaban J connectivity index is 0.646. The van der Waals surface area contributed by atoms with E-state index in [1.54, 1.807) is 0 Å². The Labute approximate surface area is 415 Å². The molecule has 71 heavy (non-hydrogen) atoms. The van der Waals surface area contributed by atoms with Crippen molar-refractivity contribution in [3.05, 3.63) is 125 Å². The van der Waals surface area contributed by atoms with E-state index in [2.05, 4.69) is 25.4 Å². The number of rotatable bonds is 13. The van der Waals surface area contributed by atoms with Gasteiger partial charge < -0.3 is 24.1 Å². The monoisotopic (exact) mass is 972 g/mol. The van der Waals surface area contributed by atoms with Gasteiger partial charge in [-0.15, -0.1) is 0 Å². The second kappa shape index (κ2) is 19.9. The molecule has 7 aromatic rings. The molecule has 16 heteroatoms. The third kappa shape index (κ3) is 9.95. The Morgan fingerprint density at radius 2 is 1.66 bits per heavy atom. The topological polar surface area (TPSA) is 183 Å². The largest absolute Gasteiger partial charge is 0.490 e. The first-order valence-corrected chi connectivity index (χ1v) is 25.7. The Morgan fingerprint density at radius 1 is 0.831 bits per heavy atom. The van der Waals surface area contributed by atoms with E-state index < -0.39 is 5.97 Å². The minimum Gasteiger partial charge on any atom is -0.490 e. The second-order valence-electron chi connectivity index (χ2n) is 19.4. The maximum atomic E-state index is 13.6. The Morgan fingerprint density at radius 3 is 2.46 bits per heavy atom. The number of amides is 3. The number of carbonyl (C=O) groups excluding carboxylic acids is 3. The van der Waals surface area contributed by atoms with Gasteiger partial charge in [0.1, 0.15) is 17.1 Å². The summed E-state index contributed by atoms with van der Waals surface area (Å²) < 4.78 is 13.7. The molecule has 4 aliphatic rings. The first kappa shape index (κ1) is 46.2. The number of pyridine rings is 1. The number of nitrogens with one attached hydrogen (secondary N) is 2. The molecule has 0 radical (unpaired) electrons. The summed E-state index contributed by atoms with van der Waals surface area (Å²) in [6.07, 6.45) is 8.33. The number of fused-ring (bicyclic) bond motifs is 3. The molecule has 15 nitrogen and oxygen atoms in total. The highest BCUT2D eigenvalue weighted by atomic mass is 32.1. The number of benzene rings is 4. The number of aryl methyl sites for hydroxylation is 1. The van der Waals surface area contributed by atoms with Gasteiger partial charge in [-0.3, -0.25) is 29.9 Å². The lowest BCUT2D eigenvalue weighted by Crippen LogP contribution is -2.46. The van der Waals surface area contributed by atoms with Crippen LogP contribution in [0, 0.1) is 12.8 Å². The predicted octanol–water partition coefficient (Wildman–Crippen LogP) is 9.38. The summed E-state index contributed by atoms with van der Waals surface area (Å²) in [7, 11) is 0. The van der Waals surface area contributed by atoms with Crippen LogP contribution in [0.5, 0.6) is 5.75 Å². The summed E-state index contributed by atoms with van der Waals surface area (Å²) >= 11 is 1.44. The maximum Gasteiger partial charge on any atom is 0.355 e. The highest BCUT2D eigenvalue weighted by Crippen LogP contribution is 2.36. The fraction of sp³-hybridized carbons (Fsp3) is 0.364. The lowest BCUT2D eigenvalue weighted by Gasteiger charge is -2.34. The first-order valence-electron chi connectivity index (χ1n) is 24.8. The number of para-hydroxylation sites is 1. The summed E-state index contributed by atoms with van der Waals surface area (Å²) in [6.45, 7) is 7.68. The van der Waals surface area contributed by atoms with Crippen LogP contribution in [-0.4, -0.2) is 94.0 Å². The molecule has 11 rings (SSSR count).